The molecule has 1 amide bonds. The number of esters is 1. The second kappa shape index (κ2) is 9.30. The van der Waals surface area contributed by atoms with Crippen molar-refractivity contribution in [1.82, 2.24) is 0 Å². The van der Waals surface area contributed by atoms with E-state index < -0.39 is 41.9 Å². The zero-order valence-corrected chi connectivity index (χ0v) is 16.2. The Morgan fingerprint density at radius 2 is 1.71 bits per heavy atom. The summed E-state index contributed by atoms with van der Waals surface area (Å²) in [5.41, 5.74) is 1.33. The van der Waals surface area contributed by atoms with Crippen LogP contribution in [-0.2, 0) is 14.3 Å². The topological polar surface area (TPSA) is 64.6 Å². The van der Waals surface area contributed by atoms with Crippen molar-refractivity contribution in [3.05, 3.63) is 59.2 Å². The van der Waals surface area contributed by atoms with Crippen LogP contribution in [-0.4, -0.2) is 24.6 Å². The second-order valence-corrected chi connectivity index (χ2v) is 6.70. The number of ether oxygens (including phenoxy) is 2. The third kappa shape index (κ3) is 5.52. The molecule has 0 aliphatic carbocycles. The molecule has 0 aliphatic heterocycles. The third-order valence-corrected chi connectivity index (χ3v) is 4.03. The number of hydrogen-bond donors (Lipinski definition) is 1. The van der Waals surface area contributed by atoms with Crippen molar-refractivity contribution < 1.29 is 27.8 Å². The van der Waals surface area contributed by atoms with Crippen LogP contribution in [0.5, 0.6) is 5.75 Å². The Bertz CT molecular complexity index is 847. The van der Waals surface area contributed by atoms with Crippen molar-refractivity contribution in [2.24, 2.45) is 0 Å². The molecule has 0 fully saturated rings. The van der Waals surface area contributed by atoms with E-state index in [1.807, 2.05) is 39.0 Å². The van der Waals surface area contributed by atoms with Crippen molar-refractivity contribution in [2.45, 2.75) is 39.7 Å². The Morgan fingerprint density at radius 3 is 2.32 bits per heavy atom. The number of rotatable bonds is 7. The van der Waals surface area contributed by atoms with Gasteiger partial charge in [-0.15, -0.1) is 0 Å². The van der Waals surface area contributed by atoms with Crippen LogP contribution in [0.25, 0.3) is 0 Å². The fourth-order valence-electron chi connectivity index (χ4n) is 2.51. The number of nitrogens with one attached hydrogen (secondary N) is 1. The van der Waals surface area contributed by atoms with E-state index >= 15 is 0 Å². The van der Waals surface area contributed by atoms with Gasteiger partial charge in [-0.25, -0.2) is 13.6 Å². The number of benzene rings is 2. The summed E-state index contributed by atoms with van der Waals surface area (Å²) >= 11 is 0. The SMILES string of the molecule is Cc1ccc(C(C)C)c(OCC(=O)OC(C)C(=O)Nc2c(F)cccc2F)c1. The maximum atomic E-state index is 13.6. The number of anilines is 1. The monoisotopic (exact) mass is 391 g/mol. The van der Waals surface area contributed by atoms with Crippen LogP contribution in [0.1, 0.15) is 37.8 Å². The maximum Gasteiger partial charge on any atom is 0.344 e. The van der Waals surface area contributed by atoms with Gasteiger partial charge in [-0.3, -0.25) is 4.79 Å². The highest BCUT2D eigenvalue weighted by molar-refractivity contribution is 5.95. The Labute approximate surface area is 162 Å². The van der Waals surface area contributed by atoms with E-state index in [1.165, 1.54) is 13.0 Å². The molecule has 150 valence electrons. The summed E-state index contributed by atoms with van der Waals surface area (Å²) in [7, 11) is 0. The van der Waals surface area contributed by atoms with Gasteiger partial charge in [0.15, 0.2) is 12.7 Å². The summed E-state index contributed by atoms with van der Waals surface area (Å²) in [5, 5.41) is 2.08. The Balaban J connectivity index is 1.94. The van der Waals surface area contributed by atoms with Gasteiger partial charge in [0.05, 0.1) is 0 Å². The van der Waals surface area contributed by atoms with E-state index in [0.29, 0.717) is 5.75 Å². The van der Waals surface area contributed by atoms with Crippen LogP contribution >= 0.6 is 0 Å². The molecule has 0 radical (unpaired) electrons. The minimum Gasteiger partial charge on any atom is -0.482 e. The van der Waals surface area contributed by atoms with Gasteiger partial charge < -0.3 is 14.8 Å². The average Bonchev–Trinajstić information content (AvgIpc) is 2.62. The van der Waals surface area contributed by atoms with Crippen molar-refractivity contribution in [3.63, 3.8) is 0 Å². The molecule has 0 spiro atoms. The van der Waals surface area contributed by atoms with Gasteiger partial charge in [-0.2, -0.15) is 0 Å². The number of hydrogen-bond acceptors (Lipinski definition) is 4. The van der Waals surface area contributed by atoms with Gasteiger partial charge in [0, 0.05) is 0 Å². The molecule has 0 bridgehead atoms. The Kier molecular flexibility index (Phi) is 7.09. The van der Waals surface area contributed by atoms with Crippen LogP contribution in [0.15, 0.2) is 36.4 Å². The molecule has 1 atom stereocenters. The molecular formula is C21H23F2NO4. The van der Waals surface area contributed by atoms with Crippen LogP contribution in [0.2, 0.25) is 0 Å². The summed E-state index contributed by atoms with van der Waals surface area (Å²) in [6.07, 6.45) is -1.25. The Morgan fingerprint density at radius 1 is 1.07 bits per heavy atom. The molecule has 7 heteroatoms. The number of amides is 1. The van der Waals surface area contributed by atoms with Crippen molar-refractivity contribution in [3.8, 4) is 5.75 Å². The first-order chi connectivity index (χ1) is 13.2. The average molecular weight is 391 g/mol. The lowest BCUT2D eigenvalue weighted by Gasteiger charge is -2.16. The fraction of sp³-hybridized carbons (Fsp3) is 0.333. The highest BCUT2D eigenvalue weighted by atomic mass is 19.1. The summed E-state index contributed by atoms with van der Waals surface area (Å²) in [6, 6.07) is 8.90. The number of carbonyl (C=O) groups excluding carboxylic acids is 2. The van der Waals surface area contributed by atoms with Crippen molar-refractivity contribution >= 4 is 17.6 Å². The fourth-order valence-corrected chi connectivity index (χ4v) is 2.51. The zero-order valence-electron chi connectivity index (χ0n) is 16.2. The number of para-hydroxylation sites is 1. The van der Waals surface area contributed by atoms with Crippen molar-refractivity contribution in [2.75, 3.05) is 11.9 Å². The predicted octanol–water partition coefficient (Wildman–Crippen LogP) is 4.35. The molecule has 2 rings (SSSR count). The van der Waals surface area contributed by atoms with E-state index in [2.05, 4.69) is 5.32 Å². The van der Waals surface area contributed by atoms with Gasteiger partial charge >= 0.3 is 5.97 Å². The molecule has 0 saturated heterocycles. The normalized spacial score (nSPS) is 11.8. The van der Waals surface area contributed by atoms with Crippen LogP contribution in [0, 0.1) is 18.6 Å². The number of halogens is 2. The van der Waals surface area contributed by atoms with Gasteiger partial charge in [-0.1, -0.05) is 32.0 Å². The molecule has 0 saturated carbocycles. The summed E-state index contributed by atoms with van der Waals surface area (Å²) in [6.45, 7) is 6.82. The van der Waals surface area contributed by atoms with E-state index in [1.54, 1.807) is 0 Å². The molecule has 1 N–H and O–H groups in total. The first kappa shape index (κ1) is 21.3. The largest absolute Gasteiger partial charge is 0.482 e. The van der Waals surface area contributed by atoms with E-state index in [9.17, 15) is 18.4 Å². The Hall–Kier alpha value is -2.96. The molecule has 28 heavy (non-hydrogen) atoms. The van der Waals surface area contributed by atoms with E-state index in [0.717, 1.165) is 23.3 Å². The molecular weight excluding hydrogens is 368 g/mol. The first-order valence-electron chi connectivity index (χ1n) is 8.86. The minimum atomic E-state index is -1.25. The molecule has 0 heterocycles. The van der Waals surface area contributed by atoms with Crippen LogP contribution in [0.4, 0.5) is 14.5 Å². The molecule has 2 aromatic carbocycles. The lowest BCUT2D eigenvalue weighted by atomic mass is 10.0. The molecule has 0 aromatic heterocycles. The quantitative estimate of drug-likeness (QED) is 0.713. The standard InChI is InChI=1S/C21H23F2NO4/c1-12(2)15-9-8-13(3)10-18(15)27-11-19(25)28-14(4)21(26)24-20-16(22)6-5-7-17(20)23/h5-10,12,14H,11H2,1-4H3,(H,24,26). The molecule has 2 aromatic rings. The number of carbonyl (C=O) groups is 2. The van der Waals surface area contributed by atoms with Crippen molar-refractivity contribution in [1.29, 1.82) is 0 Å². The van der Waals surface area contributed by atoms with Gasteiger partial charge in [0.25, 0.3) is 5.91 Å². The first-order valence-corrected chi connectivity index (χ1v) is 8.86. The smallest absolute Gasteiger partial charge is 0.344 e. The van der Waals surface area contributed by atoms with Gasteiger partial charge in [0.1, 0.15) is 23.1 Å². The summed E-state index contributed by atoms with van der Waals surface area (Å²) in [5.74, 6) is -2.69. The van der Waals surface area contributed by atoms with Crippen LogP contribution < -0.4 is 10.1 Å². The molecule has 1 unspecified atom stereocenters. The van der Waals surface area contributed by atoms with E-state index in [-0.39, 0.29) is 5.92 Å². The minimum absolute atomic E-state index is 0.201. The second-order valence-electron chi connectivity index (χ2n) is 6.70. The van der Waals surface area contributed by atoms with E-state index in [4.69, 9.17) is 9.47 Å². The highest BCUT2D eigenvalue weighted by Crippen LogP contribution is 2.27. The highest BCUT2D eigenvalue weighted by Gasteiger charge is 2.21. The summed E-state index contributed by atoms with van der Waals surface area (Å²) in [4.78, 5) is 24.1. The lowest BCUT2D eigenvalue weighted by Crippen LogP contribution is -2.32. The maximum absolute atomic E-state index is 13.6. The van der Waals surface area contributed by atoms with Gasteiger partial charge in [-0.05, 0) is 49.1 Å². The number of aryl methyl sites for hydroxylation is 1. The third-order valence-electron chi connectivity index (χ3n) is 4.03. The zero-order chi connectivity index (χ0) is 20.8. The van der Waals surface area contributed by atoms with Crippen LogP contribution in [0.3, 0.4) is 0 Å². The lowest BCUT2D eigenvalue weighted by molar-refractivity contribution is -0.155. The molecule has 0 aliphatic rings. The molecule has 5 nitrogen and oxygen atoms in total. The van der Waals surface area contributed by atoms with Gasteiger partial charge in [0.2, 0.25) is 0 Å². The predicted molar refractivity (Wildman–Crippen MR) is 101 cm³/mol. The summed E-state index contributed by atoms with van der Waals surface area (Å²) < 4.78 is 37.7.